The quantitative estimate of drug-likeness (QED) is 0.320. The number of amides is 4. The lowest BCUT2D eigenvalue weighted by atomic mass is 9.96. The number of carbonyl (C=O) groups is 4. The van der Waals surface area contributed by atoms with Gasteiger partial charge in [0.25, 0.3) is 11.8 Å². The van der Waals surface area contributed by atoms with Crippen LogP contribution in [0.5, 0.6) is 5.75 Å². The average molecular weight is 545 g/mol. The van der Waals surface area contributed by atoms with E-state index in [0.29, 0.717) is 48.9 Å². The Morgan fingerprint density at radius 1 is 1.21 bits per heavy atom. The molecule has 0 spiro atoms. The summed E-state index contributed by atoms with van der Waals surface area (Å²) in [6.07, 6.45) is 2.85. The molecule has 2 aromatic rings. The maximum atomic E-state index is 13.6. The van der Waals surface area contributed by atoms with Crippen LogP contribution in [0.3, 0.4) is 0 Å². The van der Waals surface area contributed by atoms with Crippen LogP contribution in [0.4, 0.5) is 8.78 Å². The highest BCUT2D eigenvalue weighted by molar-refractivity contribution is 6.07. The number of ether oxygens (including phenoxy) is 1. The van der Waals surface area contributed by atoms with Crippen molar-refractivity contribution in [2.45, 2.75) is 50.5 Å². The molecule has 11 nitrogen and oxygen atoms in total. The Morgan fingerprint density at radius 2 is 1.97 bits per heavy atom. The summed E-state index contributed by atoms with van der Waals surface area (Å²) in [7, 11) is 0. The first kappa shape index (κ1) is 29.2. The molecular formula is C26H30F2N6O5. The van der Waals surface area contributed by atoms with Crippen LogP contribution < -0.4 is 21.5 Å². The number of fused-ring (bicyclic) bond motifs is 1. The third kappa shape index (κ3) is 8.07. The Bertz CT molecular complexity index is 1280. The number of hydrogen-bond acceptors (Lipinski definition) is 7. The van der Waals surface area contributed by atoms with Crippen LogP contribution in [0.25, 0.3) is 10.9 Å². The number of hydrogen-bond donors (Lipinski definition) is 3. The lowest BCUT2D eigenvalue weighted by molar-refractivity contribution is -0.131. The predicted octanol–water partition coefficient (Wildman–Crippen LogP) is 1.64. The van der Waals surface area contributed by atoms with Gasteiger partial charge in [-0.05, 0) is 49.9 Å². The first-order valence-corrected chi connectivity index (χ1v) is 12.4. The van der Waals surface area contributed by atoms with E-state index in [2.05, 4.69) is 10.3 Å². The van der Waals surface area contributed by atoms with Crippen LogP contribution >= 0.6 is 0 Å². The lowest BCUT2D eigenvalue weighted by Crippen LogP contribution is -2.43. The molecule has 0 aliphatic carbocycles. The number of nitrogens with zero attached hydrogens (tertiary/aromatic N) is 3. The summed E-state index contributed by atoms with van der Waals surface area (Å²) in [6, 6.07) is 6.90. The minimum absolute atomic E-state index is 0.0912. The monoisotopic (exact) mass is 544 g/mol. The van der Waals surface area contributed by atoms with Crippen LogP contribution in [0.1, 0.15) is 48.9 Å². The van der Waals surface area contributed by atoms with Gasteiger partial charge in [-0.2, -0.15) is 5.26 Å². The van der Waals surface area contributed by atoms with Gasteiger partial charge in [0, 0.05) is 30.3 Å². The number of alkyl halides is 2. The summed E-state index contributed by atoms with van der Waals surface area (Å²) >= 11 is 0. The second kappa shape index (κ2) is 12.9. The van der Waals surface area contributed by atoms with Crippen LogP contribution in [0, 0.1) is 17.2 Å². The molecule has 0 bridgehead atoms. The lowest BCUT2D eigenvalue weighted by Gasteiger charge is -2.19. The van der Waals surface area contributed by atoms with Gasteiger partial charge >= 0.3 is 0 Å². The molecular weight excluding hydrogens is 514 g/mol. The van der Waals surface area contributed by atoms with Crippen molar-refractivity contribution >= 4 is 34.5 Å². The molecule has 1 aromatic carbocycles. The highest BCUT2D eigenvalue weighted by Gasteiger charge is 2.47. The van der Waals surface area contributed by atoms with Crippen molar-refractivity contribution in [3.8, 4) is 11.8 Å². The topological polar surface area (TPSA) is 182 Å². The second-order valence-corrected chi connectivity index (χ2v) is 9.40. The molecule has 13 heteroatoms. The van der Waals surface area contributed by atoms with E-state index < -0.39 is 61.0 Å². The zero-order valence-corrected chi connectivity index (χ0v) is 21.2. The van der Waals surface area contributed by atoms with E-state index >= 15 is 0 Å². The third-order valence-electron chi connectivity index (χ3n) is 6.45. The predicted molar refractivity (Wildman–Crippen MR) is 135 cm³/mol. The summed E-state index contributed by atoms with van der Waals surface area (Å²) in [5.41, 5.74) is 11.2. The SMILES string of the molecule is N#CC1CC(F)(F)CN1C(=O)CNC(=O)c1ccnc2ccc(OCCCCC(CCC(N)=O)C(N)=O)cc12. The van der Waals surface area contributed by atoms with Crippen molar-refractivity contribution in [3.63, 3.8) is 0 Å². The number of benzene rings is 1. The van der Waals surface area contributed by atoms with E-state index in [0.717, 1.165) is 4.90 Å². The molecule has 2 heterocycles. The highest BCUT2D eigenvalue weighted by atomic mass is 19.3. The first-order valence-electron chi connectivity index (χ1n) is 12.4. The van der Waals surface area contributed by atoms with Gasteiger partial charge in [-0.15, -0.1) is 0 Å². The number of aromatic nitrogens is 1. The molecule has 5 N–H and O–H groups in total. The molecule has 1 aliphatic rings. The van der Waals surface area contributed by atoms with Crippen molar-refractivity contribution in [3.05, 3.63) is 36.0 Å². The maximum absolute atomic E-state index is 13.6. The summed E-state index contributed by atoms with van der Waals surface area (Å²) in [5, 5.41) is 12.0. The molecule has 2 unspecified atom stereocenters. The first-order chi connectivity index (χ1) is 18.5. The van der Waals surface area contributed by atoms with Gasteiger partial charge in [-0.25, -0.2) is 8.78 Å². The smallest absolute Gasteiger partial charge is 0.268 e. The number of nitrogens with two attached hydrogens (primary N) is 2. The Hall–Kier alpha value is -4.34. The Labute approximate surface area is 223 Å². The molecule has 39 heavy (non-hydrogen) atoms. The number of nitrogens with one attached hydrogen (secondary N) is 1. The number of halogens is 2. The Morgan fingerprint density at radius 3 is 2.67 bits per heavy atom. The van der Waals surface area contributed by atoms with Crippen molar-refractivity contribution < 1.29 is 32.7 Å². The summed E-state index contributed by atoms with van der Waals surface area (Å²) in [4.78, 5) is 52.8. The van der Waals surface area contributed by atoms with Gasteiger partial charge in [0.2, 0.25) is 17.7 Å². The maximum Gasteiger partial charge on any atom is 0.268 e. The van der Waals surface area contributed by atoms with Gasteiger partial charge in [-0.1, -0.05) is 0 Å². The van der Waals surface area contributed by atoms with Crippen LogP contribution in [-0.4, -0.2) is 65.2 Å². The molecule has 4 amide bonds. The molecule has 1 aliphatic heterocycles. The molecule has 0 saturated carbocycles. The van der Waals surface area contributed by atoms with E-state index in [9.17, 15) is 28.0 Å². The Balaban J connectivity index is 1.56. The third-order valence-corrected chi connectivity index (χ3v) is 6.45. The van der Waals surface area contributed by atoms with Gasteiger partial charge < -0.3 is 26.4 Å². The Kier molecular flexibility index (Phi) is 9.70. The highest BCUT2D eigenvalue weighted by Crippen LogP contribution is 2.31. The molecule has 1 aromatic heterocycles. The van der Waals surface area contributed by atoms with Gasteiger partial charge in [0.05, 0.1) is 36.8 Å². The van der Waals surface area contributed by atoms with Crippen LogP contribution in [0.2, 0.25) is 0 Å². The van der Waals surface area contributed by atoms with Crippen LogP contribution in [-0.2, 0) is 14.4 Å². The van der Waals surface area contributed by atoms with Gasteiger partial charge in [0.15, 0.2) is 0 Å². The van der Waals surface area contributed by atoms with E-state index in [1.54, 1.807) is 24.3 Å². The average Bonchev–Trinajstić information content (AvgIpc) is 3.22. The van der Waals surface area contributed by atoms with E-state index in [4.69, 9.17) is 21.5 Å². The molecule has 1 saturated heterocycles. The van der Waals surface area contributed by atoms with Crippen molar-refractivity contribution in [2.75, 3.05) is 19.7 Å². The summed E-state index contributed by atoms with van der Waals surface area (Å²) in [5.74, 6) is -5.47. The largest absolute Gasteiger partial charge is 0.494 e. The van der Waals surface area contributed by atoms with E-state index in [1.807, 2.05) is 0 Å². The number of rotatable bonds is 13. The number of nitriles is 1. The molecule has 208 valence electrons. The van der Waals surface area contributed by atoms with Gasteiger partial charge in [-0.3, -0.25) is 24.2 Å². The number of unbranched alkanes of at least 4 members (excludes halogenated alkanes) is 1. The number of primary amides is 2. The van der Waals surface area contributed by atoms with Gasteiger partial charge in [0.1, 0.15) is 11.8 Å². The molecule has 2 atom stereocenters. The number of pyridine rings is 1. The standard InChI is InChI=1S/C26H30F2N6O5/c27-26(28)12-17(13-29)34(15-26)23(36)14-33-25(38)19-8-9-32-21-6-5-18(11-20(19)21)39-10-2-1-3-16(24(31)37)4-7-22(30)35/h5-6,8-9,11,16-17H,1-4,7,10,12,14-15H2,(H2,30,35)(H2,31,37)(H,33,38). The molecule has 0 radical (unpaired) electrons. The fourth-order valence-corrected chi connectivity index (χ4v) is 4.39. The number of likely N-dealkylation sites (tertiary alicyclic amines) is 1. The summed E-state index contributed by atoms with van der Waals surface area (Å²) < 4.78 is 33.1. The zero-order chi connectivity index (χ0) is 28.6. The minimum atomic E-state index is -3.15. The zero-order valence-electron chi connectivity index (χ0n) is 21.2. The minimum Gasteiger partial charge on any atom is -0.494 e. The van der Waals surface area contributed by atoms with Crippen molar-refractivity contribution in [1.29, 1.82) is 5.26 Å². The van der Waals surface area contributed by atoms with Crippen molar-refractivity contribution in [2.24, 2.45) is 17.4 Å². The summed E-state index contributed by atoms with van der Waals surface area (Å²) in [6.45, 7) is -1.09. The van der Waals surface area contributed by atoms with E-state index in [1.165, 1.54) is 12.3 Å². The van der Waals surface area contributed by atoms with Crippen LogP contribution in [0.15, 0.2) is 30.5 Å². The number of carbonyl (C=O) groups excluding carboxylic acids is 4. The molecule has 3 rings (SSSR count). The fourth-order valence-electron chi connectivity index (χ4n) is 4.39. The normalized spacial score (nSPS) is 16.8. The van der Waals surface area contributed by atoms with Crippen molar-refractivity contribution in [1.82, 2.24) is 15.2 Å². The fraction of sp³-hybridized carbons (Fsp3) is 0.462. The second-order valence-electron chi connectivity index (χ2n) is 9.40. The molecule has 1 fully saturated rings. The van der Waals surface area contributed by atoms with E-state index in [-0.39, 0.29) is 12.0 Å².